The highest BCUT2D eigenvalue weighted by molar-refractivity contribution is 5.88. The molecule has 0 radical (unpaired) electrons. The molecule has 0 aliphatic carbocycles. The van der Waals surface area contributed by atoms with Gasteiger partial charge in [-0.3, -0.25) is 9.59 Å². The number of ether oxygens (including phenoxy) is 1. The number of hydrogen-bond donors (Lipinski definition) is 1. The summed E-state index contributed by atoms with van der Waals surface area (Å²) >= 11 is 0. The van der Waals surface area contributed by atoms with Crippen LogP contribution in [0.5, 0.6) is 5.75 Å². The minimum atomic E-state index is -0.899. The van der Waals surface area contributed by atoms with Gasteiger partial charge in [-0.1, -0.05) is 116 Å². The van der Waals surface area contributed by atoms with Gasteiger partial charge in [0.1, 0.15) is 17.9 Å². The molecule has 0 aromatic heterocycles. The first-order valence-electron chi connectivity index (χ1n) is 11.8. The standard InChI is InChI=1S/C31H29NO3/c1-24(29(33)23-35-28-20-12-5-13-21-28)22-30(34)32-31(25-14-6-2-7-15-25,26-16-8-3-9-17-26)27-18-10-4-11-19-27/h2-21,24H,22-23H2,1H3,(H,32,34)/t24-/m1/s1. The monoisotopic (exact) mass is 463 g/mol. The third-order valence-electron chi connectivity index (χ3n) is 6.11. The maximum Gasteiger partial charge on any atom is 0.221 e. The zero-order valence-corrected chi connectivity index (χ0v) is 19.8. The molecule has 0 unspecified atom stereocenters. The number of ketones is 1. The minimum Gasteiger partial charge on any atom is -0.486 e. The van der Waals surface area contributed by atoms with Crippen LogP contribution in [0.3, 0.4) is 0 Å². The van der Waals surface area contributed by atoms with E-state index in [9.17, 15) is 9.59 Å². The summed E-state index contributed by atoms with van der Waals surface area (Å²) < 4.78 is 5.60. The van der Waals surface area contributed by atoms with E-state index < -0.39 is 11.5 Å². The van der Waals surface area contributed by atoms with Gasteiger partial charge in [-0.15, -0.1) is 0 Å². The number of para-hydroxylation sites is 1. The van der Waals surface area contributed by atoms with Gasteiger partial charge in [-0.2, -0.15) is 0 Å². The molecule has 0 bridgehead atoms. The van der Waals surface area contributed by atoms with Crippen LogP contribution in [0.15, 0.2) is 121 Å². The Bertz CT molecular complexity index is 1130. The molecule has 35 heavy (non-hydrogen) atoms. The third kappa shape index (κ3) is 5.67. The Hall–Kier alpha value is -4.18. The van der Waals surface area contributed by atoms with E-state index in [2.05, 4.69) is 5.32 Å². The molecule has 0 heterocycles. The molecule has 1 N–H and O–H groups in total. The second-order valence-electron chi connectivity index (χ2n) is 8.57. The molecule has 4 rings (SSSR count). The number of hydrogen-bond acceptors (Lipinski definition) is 3. The first kappa shape index (κ1) is 24.0. The predicted molar refractivity (Wildman–Crippen MR) is 138 cm³/mol. The van der Waals surface area contributed by atoms with Gasteiger partial charge < -0.3 is 10.1 Å². The van der Waals surface area contributed by atoms with Crippen LogP contribution in [0.4, 0.5) is 0 Å². The summed E-state index contributed by atoms with van der Waals surface area (Å²) in [5.74, 6) is -0.177. The fourth-order valence-corrected chi connectivity index (χ4v) is 4.25. The Morgan fingerprint density at radius 3 is 1.51 bits per heavy atom. The SMILES string of the molecule is C[C@H](CC(=O)NC(c1ccccc1)(c1ccccc1)c1ccccc1)C(=O)COc1ccccc1. The largest absolute Gasteiger partial charge is 0.486 e. The summed E-state index contributed by atoms with van der Waals surface area (Å²) in [6, 6.07) is 39.0. The normalized spacial score (nSPS) is 11.9. The Morgan fingerprint density at radius 1 is 0.686 bits per heavy atom. The van der Waals surface area contributed by atoms with Crippen LogP contribution in [0.1, 0.15) is 30.0 Å². The lowest BCUT2D eigenvalue weighted by molar-refractivity contribution is -0.130. The van der Waals surface area contributed by atoms with Crippen LogP contribution in [0, 0.1) is 5.92 Å². The number of amides is 1. The molecule has 0 saturated heterocycles. The van der Waals surface area contributed by atoms with Crippen LogP contribution in [0.25, 0.3) is 0 Å². The van der Waals surface area contributed by atoms with Crippen molar-refractivity contribution in [3.8, 4) is 5.75 Å². The van der Waals surface area contributed by atoms with Crippen molar-refractivity contribution in [1.82, 2.24) is 5.32 Å². The Balaban J connectivity index is 1.60. The van der Waals surface area contributed by atoms with Gasteiger partial charge in [0, 0.05) is 12.3 Å². The van der Waals surface area contributed by atoms with Gasteiger partial charge in [0.25, 0.3) is 0 Å². The van der Waals surface area contributed by atoms with Crippen LogP contribution in [-0.4, -0.2) is 18.3 Å². The van der Waals surface area contributed by atoms with Gasteiger partial charge >= 0.3 is 0 Å². The predicted octanol–water partition coefficient (Wildman–Crippen LogP) is 5.77. The molecule has 4 nitrogen and oxygen atoms in total. The fraction of sp³-hybridized carbons (Fsp3) is 0.161. The molecule has 4 aromatic carbocycles. The van der Waals surface area contributed by atoms with Crippen molar-refractivity contribution in [3.63, 3.8) is 0 Å². The Kier molecular flexibility index (Phi) is 7.74. The molecule has 4 aromatic rings. The topological polar surface area (TPSA) is 55.4 Å². The molecule has 0 aliphatic rings. The van der Waals surface area contributed by atoms with E-state index in [0.717, 1.165) is 16.7 Å². The van der Waals surface area contributed by atoms with Gasteiger partial charge in [-0.05, 0) is 28.8 Å². The Morgan fingerprint density at radius 2 is 1.09 bits per heavy atom. The van der Waals surface area contributed by atoms with Gasteiger partial charge in [0.15, 0.2) is 5.78 Å². The zero-order valence-electron chi connectivity index (χ0n) is 19.8. The highest BCUT2D eigenvalue weighted by Crippen LogP contribution is 2.37. The first-order chi connectivity index (χ1) is 17.1. The Labute approximate surface area is 206 Å². The van der Waals surface area contributed by atoms with Crippen LogP contribution < -0.4 is 10.1 Å². The lowest BCUT2D eigenvalue weighted by Crippen LogP contribution is -2.48. The first-order valence-corrected chi connectivity index (χ1v) is 11.8. The van der Waals surface area contributed by atoms with E-state index in [1.165, 1.54) is 0 Å². The van der Waals surface area contributed by atoms with Crippen molar-refractivity contribution in [2.75, 3.05) is 6.61 Å². The highest BCUT2D eigenvalue weighted by atomic mass is 16.5. The van der Waals surface area contributed by atoms with Crippen molar-refractivity contribution < 1.29 is 14.3 Å². The smallest absolute Gasteiger partial charge is 0.221 e. The lowest BCUT2D eigenvalue weighted by Gasteiger charge is -2.37. The average molecular weight is 464 g/mol. The summed E-state index contributed by atoms with van der Waals surface area (Å²) in [4.78, 5) is 26.2. The van der Waals surface area contributed by atoms with E-state index >= 15 is 0 Å². The summed E-state index contributed by atoms with van der Waals surface area (Å²) in [5, 5.41) is 3.31. The van der Waals surface area contributed by atoms with Crippen LogP contribution in [-0.2, 0) is 15.1 Å². The van der Waals surface area contributed by atoms with E-state index in [-0.39, 0.29) is 24.7 Å². The second-order valence-corrected chi connectivity index (χ2v) is 8.57. The molecule has 0 aliphatic heterocycles. The summed E-state index contributed by atoms with van der Waals surface area (Å²) in [5.41, 5.74) is 1.93. The molecule has 1 atom stereocenters. The van der Waals surface area contributed by atoms with Crippen molar-refractivity contribution >= 4 is 11.7 Å². The number of carbonyl (C=O) groups excluding carboxylic acids is 2. The zero-order chi connectivity index (χ0) is 24.5. The van der Waals surface area contributed by atoms with Crippen molar-refractivity contribution in [1.29, 1.82) is 0 Å². The van der Waals surface area contributed by atoms with Gasteiger partial charge in [-0.25, -0.2) is 0 Å². The maximum absolute atomic E-state index is 13.5. The molecular formula is C31H29NO3. The molecule has 4 heteroatoms. The molecule has 176 valence electrons. The lowest BCUT2D eigenvalue weighted by atomic mass is 9.76. The summed E-state index contributed by atoms with van der Waals surface area (Å²) in [7, 11) is 0. The van der Waals surface area contributed by atoms with E-state index in [1.54, 1.807) is 19.1 Å². The average Bonchev–Trinajstić information content (AvgIpc) is 2.92. The van der Waals surface area contributed by atoms with Crippen molar-refractivity contribution in [2.45, 2.75) is 18.9 Å². The fourth-order valence-electron chi connectivity index (χ4n) is 4.25. The number of carbonyl (C=O) groups is 2. The van der Waals surface area contributed by atoms with Crippen LogP contribution in [0.2, 0.25) is 0 Å². The maximum atomic E-state index is 13.5. The van der Waals surface area contributed by atoms with E-state index in [1.807, 2.05) is 109 Å². The van der Waals surface area contributed by atoms with E-state index in [0.29, 0.717) is 5.75 Å². The number of nitrogens with one attached hydrogen (secondary N) is 1. The molecule has 0 saturated carbocycles. The molecular weight excluding hydrogens is 434 g/mol. The quantitative estimate of drug-likeness (QED) is 0.304. The second kappa shape index (κ2) is 11.3. The number of rotatable bonds is 10. The third-order valence-corrected chi connectivity index (χ3v) is 6.11. The van der Waals surface area contributed by atoms with E-state index in [4.69, 9.17) is 4.74 Å². The number of Topliss-reactive ketones (excluding diaryl/α,β-unsaturated/α-hetero) is 1. The molecule has 1 amide bonds. The van der Waals surface area contributed by atoms with Gasteiger partial charge in [0.05, 0.1) is 0 Å². The van der Waals surface area contributed by atoms with Crippen LogP contribution >= 0.6 is 0 Å². The van der Waals surface area contributed by atoms with Crippen molar-refractivity contribution in [2.24, 2.45) is 5.92 Å². The highest BCUT2D eigenvalue weighted by Gasteiger charge is 2.38. The molecule has 0 fully saturated rings. The van der Waals surface area contributed by atoms with Gasteiger partial charge in [0.2, 0.25) is 5.91 Å². The summed E-state index contributed by atoms with van der Waals surface area (Å²) in [6.45, 7) is 1.70. The minimum absolute atomic E-state index is 0.0607. The van der Waals surface area contributed by atoms with Crippen molar-refractivity contribution in [3.05, 3.63) is 138 Å². The molecule has 0 spiro atoms. The number of benzene rings is 4. The summed E-state index contributed by atoms with van der Waals surface area (Å²) in [6.07, 6.45) is 0.0607.